The molecule has 0 atom stereocenters. The lowest BCUT2D eigenvalue weighted by molar-refractivity contribution is -0.112. The van der Waals surface area contributed by atoms with Crippen molar-refractivity contribution in [1.29, 1.82) is 0 Å². The summed E-state index contributed by atoms with van der Waals surface area (Å²) in [5.74, 6) is -1.54. The quantitative estimate of drug-likeness (QED) is 0.121. The van der Waals surface area contributed by atoms with E-state index < -0.39 is 23.8 Å². The third kappa shape index (κ3) is 11.0. The predicted molar refractivity (Wildman–Crippen MR) is 199 cm³/mol. The lowest BCUT2D eigenvalue weighted by Crippen LogP contribution is -2.36. The van der Waals surface area contributed by atoms with Gasteiger partial charge in [-0.1, -0.05) is 36.4 Å². The van der Waals surface area contributed by atoms with Crippen molar-refractivity contribution >= 4 is 68.9 Å². The van der Waals surface area contributed by atoms with Crippen molar-refractivity contribution in [1.82, 2.24) is 0 Å². The Balaban J connectivity index is 0.000000233. The number of para-hydroxylation sites is 2. The number of nitrogens with zero attached hydrogens (tertiary/aromatic N) is 1. The van der Waals surface area contributed by atoms with Gasteiger partial charge in [0.1, 0.15) is 11.5 Å². The van der Waals surface area contributed by atoms with Crippen LogP contribution in [0.15, 0.2) is 102 Å². The van der Waals surface area contributed by atoms with Crippen LogP contribution in [0.4, 0.5) is 17.1 Å². The number of amides is 2. The van der Waals surface area contributed by atoms with Gasteiger partial charge in [0.05, 0.1) is 60.1 Å². The Hall–Kier alpha value is -5.92. The van der Waals surface area contributed by atoms with E-state index in [1.165, 1.54) is 24.3 Å². The summed E-state index contributed by atoms with van der Waals surface area (Å²) in [6, 6.07) is 23.6. The smallest absolute Gasteiger partial charge is 0.337 e. The van der Waals surface area contributed by atoms with Gasteiger partial charge in [0.2, 0.25) is 11.8 Å². The lowest BCUT2D eigenvalue weighted by atomic mass is 10.1. The molecule has 1 fully saturated rings. The molecule has 4 aromatic rings. The molecule has 0 aliphatic carbocycles. The van der Waals surface area contributed by atoms with E-state index in [2.05, 4.69) is 31.5 Å². The molecule has 0 radical (unpaired) electrons. The third-order valence-corrected chi connectivity index (χ3v) is 8.04. The topological polar surface area (TPSA) is 164 Å². The van der Waals surface area contributed by atoms with Gasteiger partial charge < -0.3 is 40.0 Å². The first-order chi connectivity index (χ1) is 24.6. The van der Waals surface area contributed by atoms with E-state index in [-0.39, 0.29) is 22.5 Å². The predicted octanol–water partition coefficient (Wildman–Crippen LogP) is 6.69. The molecule has 0 unspecified atom stereocenters. The zero-order chi connectivity index (χ0) is 36.8. The molecule has 1 saturated heterocycles. The van der Waals surface area contributed by atoms with E-state index in [1.54, 1.807) is 74.9 Å². The molecule has 264 valence electrons. The van der Waals surface area contributed by atoms with Gasteiger partial charge in [0.25, 0.3) is 0 Å². The number of carbonyl (C=O) groups excluding carboxylic acids is 2. The number of methoxy groups -OCH3 is 2. The Morgan fingerprint density at radius 1 is 0.706 bits per heavy atom. The first-order valence-electron chi connectivity index (χ1n) is 15.6. The van der Waals surface area contributed by atoms with Crippen LogP contribution in [0.2, 0.25) is 0 Å². The molecule has 1 aliphatic heterocycles. The van der Waals surface area contributed by atoms with E-state index in [9.17, 15) is 24.3 Å². The molecule has 1 aliphatic rings. The van der Waals surface area contributed by atoms with Crippen LogP contribution in [0.25, 0.3) is 12.2 Å². The number of carboxylic acids is 2. The van der Waals surface area contributed by atoms with Gasteiger partial charge in [0, 0.05) is 25.2 Å². The number of rotatable bonds is 11. The molecule has 5 rings (SSSR count). The molecular weight excluding hydrogens is 722 g/mol. The number of halogens is 1. The van der Waals surface area contributed by atoms with Crippen molar-refractivity contribution in [3.63, 3.8) is 0 Å². The number of aromatic carboxylic acids is 2. The van der Waals surface area contributed by atoms with Gasteiger partial charge in [-0.2, -0.15) is 0 Å². The summed E-state index contributed by atoms with van der Waals surface area (Å²) in [7, 11) is 3.20. The minimum Gasteiger partial charge on any atom is -0.496 e. The standard InChI is InChI=1S/C21H22N2O5.C17H14BrNO4/c1-27-19-8-6-15(14-18(19)23-10-12-28-13-11-23)7-9-20(24)22-17-5-3-2-4-16(17)21(25)26;1-23-15-8-6-11(10-13(15)18)7-9-16(20)19-14-5-3-2-4-12(14)17(21)22/h2-9,14H,10-13H2,1H3,(H,22,24)(H,25,26);2-10H,1H3,(H,19,20)(H,21,22)/b2*9-7+. The van der Waals surface area contributed by atoms with E-state index >= 15 is 0 Å². The highest BCUT2D eigenvalue weighted by atomic mass is 79.9. The molecule has 12 nitrogen and oxygen atoms in total. The highest BCUT2D eigenvalue weighted by Crippen LogP contribution is 2.31. The van der Waals surface area contributed by atoms with E-state index in [4.69, 9.17) is 19.3 Å². The SMILES string of the molecule is COc1ccc(/C=C/C(=O)Nc2ccccc2C(=O)O)cc1Br.COc1ccc(/C=C/C(=O)Nc2ccccc2C(=O)O)cc1N1CCOCC1. The Bertz CT molecular complexity index is 1940. The van der Waals surface area contributed by atoms with Crippen LogP contribution in [0.1, 0.15) is 31.8 Å². The summed E-state index contributed by atoms with van der Waals surface area (Å²) in [6.07, 6.45) is 6.03. The maximum Gasteiger partial charge on any atom is 0.337 e. The number of benzene rings is 4. The summed E-state index contributed by atoms with van der Waals surface area (Å²) in [5, 5.41) is 23.4. The molecule has 2 amide bonds. The van der Waals surface area contributed by atoms with Gasteiger partial charge in [-0.05, 0) is 87.7 Å². The number of nitrogens with one attached hydrogen (secondary N) is 2. The minimum atomic E-state index is -1.09. The van der Waals surface area contributed by atoms with E-state index in [1.807, 2.05) is 24.3 Å². The monoisotopic (exact) mass is 757 g/mol. The van der Waals surface area contributed by atoms with Gasteiger partial charge in [-0.25, -0.2) is 9.59 Å². The fourth-order valence-electron chi connectivity index (χ4n) is 4.90. The van der Waals surface area contributed by atoms with Crippen LogP contribution in [-0.4, -0.2) is 74.5 Å². The molecule has 51 heavy (non-hydrogen) atoms. The molecule has 4 aromatic carbocycles. The average molecular weight is 759 g/mol. The zero-order valence-electron chi connectivity index (χ0n) is 27.8. The fourth-order valence-corrected chi connectivity index (χ4v) is 5.46. The Morgan fingerprint density at radius 2 is 1.18 bits per heavy atom. The van der Waals surface area contributed by atoms with Gasteiger partial charge >= 0.3 is 11.9 Å². The highest BCUT2D eigenvalue weighted by molar-refractivity contribution is 9.10. The first-order valence-corrected chi connectivity index (χ1v) is 16.4. The van der Waals surface area contributed by atoms with Crippen LogP contribution in [0, 0.1) is 0 Å². The second kappa shape index (κ2) is 18.7. The van der Waals surface area contributed by atoms with E-state index in [0.717, 1.165) is 40.1 Å². The molecule has 1 heterocycles. The number of hydrogen-bond acceptors (Lipinski definition) is 8. The minimum absolute atomic E-state index is 0.0430. The molecule has 0 spiro atoms. The Kier molecular flexibility index (Phi) is 13.9. The molecular formula is C38H36BrN3O9. The van der Waals surface area contributed by atoms with Crippen molar-refractivity contribution in [2.75, 3.05) is 56.1 Å². The summed E-state index contributed by atoms with van der Waals surface area (Å²) >= 11 is 3.37. The first kappa shape index (κ1) is 37.9. The highest BCUT2D eigenvalue weighted by Gasteiger charge is 2.16. The number of carboxylic acid groups (broad SMARTS) is 2. The average Bonchev–Trinajstić information content (AvgIpc) is 3.14. The normalized spacial score (nSPS) is 12.5. The van der Waals surface area contributed by atoms with Gasteiger partial charge in [0.15, 0.2) is 0 Å². The third-order valence-electron chi connectivity index (χ3n) is 7.42. The van der Waals surface area contributed by atoms with Crippen molar-refractivity contribution in [3.8, 4) is 11.5 Å². The number of morpholine rings is 1. The summed E-state index contributed by atoms with van der Waals surface area (Å²) in [5.41, 5.74) is 3.19. The zero-order valence-corrected chi connectivity index (χ0v) is 29.4. The molecule has 0 bridgehead atoms. The van der Waals surface area contributed by atoms with Crippen molar-refractivity contribution in [2.24, 2.45) is 0 Å². The fraction of sp³-hybridized carbons (Fsp3) is 0.158. The summed E-state index contributed by atoms with van der Waals surface area (Å²) in [4.78, 5) is 48.7. The van der Waals surface area contributed by atoms with Gasteiger partial charge in [-0.3, -0.25) is 9.59 Å². The number of hydrogen-bond donors (Lipinski definition) is 4. The van der Waals surface area contributed by atoms with Crippen molar-refractivity contribution in [2.45, 2.75) is 0 Å². The largest absolute Gasteiger partial charge is 0.496 e. The second-order valence-electron chi connectivity index (χ2n) is 10.8. The van der Waals surface area contributed by atoms with Crippen LogP contribution >= 0.6 is 15.9 Å². The van der Waals surface area contributed by atoms with Crippen LogP contribution < -0.4 is 25.0 Å². The Morgan fingerprint density at radius 3 is 1.65 bits per heavy atom. The number of anilines is 3. The van der Waals surface area contributed by atoms with Crippen molar-refractivity contribution < 1.29 is 43.6 Å². The molecule has 0 aromatic heterocycles. The summed E-state index contributed by atoms with van der Waals surface area (Å²) < 4.78 is 16.8. The maximum absolute atomic E-state index is 12.2. The maximum atomic E-state index is 12.2. The second-order valence-corrected chi connectivity index (χ2v) is 11.6. The number of carbonyl (C=O) groups is 4. The number of ether oxygens (including phenoxy) is 3. The lowest BCUT2D eigenvalue weighted by Gasteiger charge is -2.30. The van der Waals surface area contributed by atoms with Crippen LogP contribution in [0.5, 0.6) is 11.5 Å². The summed E-state index contributed by atoms with van der Waals surface area (Å²) in [6.45, 7) is 2.87. The van der Waals surface area contributed by atoms with Gasteiger partial charge in [-0.15, -0.1) is 0 Å². The molecule has 4 N–H and O–H groups in total. The van der Waals surface area contributed by atoms with Crippen LogP contribution in [-0.2, 0) is 14.3 Å². The Labute approximate surface area is 303 Å². The molecule has 0 saturated carbocycles. The van der Waals surface area contributed by atoms with Crippen LogP contribution in [0.3, 0.4) is 0 Å². The molecule has 13 heteroatoms. The van der Waals surface area contributed by atoms with E-state index in [0.29, 0.717) is 19.0 Å². The van der Waals surface area contributed by atoms with Crippen molar-refractivity contribution in [3.05, 3.63) is 124 Å².